The van der Waals surface area contributed by atoms with Gasteiger partial charge >= 0.3 is 0 Å². The first-order valence-corrected chi connectivity index (χ1v) is 10.8. The molecule has 9 heteroatoms. The zero-order valence-corrected chi connectivity index (χ0v) is 16.8. The summed E-state index contributed by atoms with van der Waals surface area (Å²) >= 11 is 0. The molecule has 1 aliphatic rings. The van der Waals surface area contributed by atoms with Gasteiger partial charge in [-0.2, -0.15) is 9.40 Å². The fourth-order valence-electron chi connectivity index (χ4n) is 3.53. The molecule has 0 atom stereocenters. The van der Waals surface area contributed by atoms with Crippen molar-refractivity contribution in [2.24, 2.45) is 0 Å². The number of nitrogens with one attached hydrogen (secondary N) is 2. The third kappa shape index (κ3) is 3.83. The van der Waals surface area contributed by atoms with Gasteiger partial charge in [0, 0.05) is 24.5 Å². The second-order valence-electron chi connectivity index (χ2n) is 6.95. The molecule has 1 fully saturated rings. The minimum Gasteiger partial charge on any atom is -0.497 e. The predicted molar refractivity (Wildman–Crippen MR) is 108 cm³/mol. The molecule has 2 aromatic carbocycles. The van der Waals surface area contributed by atoms with Gasteiger partial charge in [-0.1, -0.05) is 18.2 Å². The summed E-state index contributed by atoms with van der Waals surface area (Å²) in [5.74, 6) is 0.357. The van der Waals surface area contributed by atoms with E-state index in [4.69, 9.17) is 4.74 Å². The number of aromatic nitrogens is 2. The number of para-hydroxylation sites is 1. The maximum atomic E-state index is 12.8. The summed E-state index contributed by atoms with van der Waals surface area (Å²) in [5.41, 5.74) is 1.16. The molecule has 2 heterocycles. The Balaban J connectivity index is 1.39. The van der Waals surface area contributed by atoms with Crippen LogP contribution in [-0.4, -0.2) is 55.1 Å². The van der Waals surface area contributed by atoms with E-state index in [1.54, 1.807) is 24.3 Å². The Hall–Kier alpha value is -2.91. The lowest BCUT2D eigenvalue weighted by Gasteiger charge is -2.31. The normalized spacial score (nSPS) is 16.0. The molecule has 0 spiro atoms. The molecule has 3 aromatic rings. The number of benzene rings is 2. The number of hydrogen-bond acceptors (Lipinski definition) is 5. The first kappa shape index (κ1) is 19.4. The minimum atomic E-state index is -3.56. The zero-order valence-electron chi connectivity index (χ0n) is 16.0. The maximum absolute atomic E-state index is 12.8. The molecule has 29 heavy (non-hydrogen) atoms. The molecule has 0 unspecified atom stereocenters. The number of nitrogens with zero attached hydrogens (tertiary/aromatic N) is 2. The van der Waals surface area contributed by atoms with Crippen LogP contribution in [0.1, 0.15) is 23.3 Å². The van der Waals surface area contributed by atoms with Crippen molar-refractivity contribution in [1.29, 1.82) is 0 Å². The quantitative estimate of drug-likeness (QED) is 0.666. The van der Waals surface area contributed by atoms with Gasteiger partial charge in [-0.25, -0.2) is 8.42 Å². The number of H-pyrrole nitrogens is 1. The van der Waals surface area contributed by atoms with Gasteiger partial charge in [0.25, 0.3) is 5.91 Å². The number of fused-ring (bicyclic) bond motifs is 1. The number of ether oxygens (including phenoxy) is 1. The Kier molecular flexibility index (Phi) is 5.25. The molecular formula is C20H22N4O4S. The van der Waals surface area contributed by atoms with Gasteiger partial charge in [0.1, 0.15) is 5.75 Å². The predicted octanol–water partition coefficient (Wildman–Crippen LogP) is 2.15. The van der Waals surface area contributed by atoms with Crippen LogP contribution in [-0.2, 0) is 10.0 Å². The fraction of sp³-hybridized carbons (Fsp3) is 0.300. The van der Waals surface area contributed by atoms with Crippen LogP contribution >= 0.6 is 0 Å². The number of methoxy groups -OCH3 is 1. The lowest BCUT2D eigenvalue weighted by molar-refractivity contribution is 0.0920. The summed E-state index contributed by atoms with van der Waals surface area (Å²) in [6.07, 6.45) is 1.09. The summed E-state index contributed by atoms with van der Waals surface area (Å²) in [6.45, 7) is 0.696. The van der Waals surface area contributed by atoms with Crippen LogP contribution in [0.15, 0.2) is 53.4 Å². The molecule has 1 amide bonds. The van der Waals surface area contributed by atoms with Crippen molar-refractivity contribution in [3.8, 4) is 5.75 Å². The van der Waals surface area contributed by atoms with Gasteiger partial charge < -0.3 is 10.1 Å². The van der Waals surface area contributed by atoms with Crippen molar-refractivity contribution in [3.63, 3.8) is 0 Å². The molecule has 1 aliphatic heterocycles. The molecule has 0 radical (unpaired) electrons. The number of amides is 1. The Labute approximate surface area is 168 Å². The van der Waals surface area contributed by atoms with E-state index in [0.717, 1.165) is 10.9 Å². The van der Waals surface area contributed by atoms with Gasteiger partial charge in [-0.3, -0.25) is 9.89 Å². The van der Waals surface area contributed by atoms with E-state index in [0.29, 0.717) is 37.4 Å². The molecule has 0 bridgehead atoms. The van der Waals surface area contributed by atoms with E-state index in [9.17, 15) is 13.2 Å². The number of carbonyl (C=O) groups is 1. The average molecular weight is 414 g/mol. The van der Waals surface area contributed by atoms with Crippen LogP contribution in [0.25, 0.3) is 10.9 Å². The van der Waals surface area contributed by atoms with Gasteiger partial charge in [-0.15, -0.1) is 0 Å². The third-order valence-electron chi connectivity index (χ3n) is 5.17. The highest BCUT2D eigenvalue weighted by molar-refractivity contribution is 7.89. The van der Waals surface area contributed by atoms with E-state index >= 15 is 0 Å². The van der Waals surface area contributed by atoms with E-state index in [1.807, 2.05) is 24.3 Å². The second kappa shape index (κ2) is 7.84. The number of rotatable bonds is 5. The second-order valence-corrected chi connectivity index (χ2v) is 8.88. The first-order valence-electron chi connectivity index (χ1n) is 9.37. The summed E-state index contributed by atoms with van der Waals surface area (Å²) in [4.78, 5) is 12.9. The van der Waals surface area contributed by atoms with Crippen LogP contribution in [0, 0.1) is 0 Å². The summed E-state index contributed by atoms with van der Waals surface area (Å²) < 4.78 is 32.2. The largest absolute Gasteiger partial charge is 0.497 e. The summed E-state index contributed by atoms with van der Waals surface area (Å²) in [7, 11) is -2.03. The molecule has 1 aromatic heterocycles. The number of piperidine rings is 1. The minimum absolute atomic E-state index is 0.0970. The molecule has 2 N–H and O–H groups in total. The van der Waals surface area contributed by atoms with Crippen molar-refractivity contribution in [1.82, 2.24) is 19.8 Å². The third-order valence-corrected chi connectivity index (χ3v) is 7.08. The smallest absolute Gasteiger partial charge is 0.272 e. The standard InChI is InChI=1S/C20H22N4O4S/c1-28-15-6-8-16(9-7-15)29(26,27)24-12-10-14(11-13-24)21-20(25)19-17-4-2-3-5-18(17)22-23-19/h2-9,14H,10-13H2,1H3,(H,21,25)(H,22,23). The first-order chi connectivity index (χ1) is 14.0. The molecule has 8 nitrogen and oxygen atoms in total. The van der Waals surface area contributed by atoms with E-state index < -0.39 is 10.0 Å². The van der Waals surface area contributed by atoms with Crippen molar-refractivity contribution >= 4 is 26.8 Å². The molecule has 0 saturated carbocycles. The van der Waals surface area contributed by atoms with E-state index in [2.05, 4.69) is 15.5 Å². The average Bonchev–Trinajstić information content (AvgIpc) is 3.18. The number of hydrogen-bond donors (Lipinski definition) is 2. The fourth-order valence-corrected chi connectivity index (χ4v) is 5.00. The number of aromatic amines is 1. The van der Waals surface area contributed by atoms with Crippen LogP contribution in [0.4, 0.5) is 0 Å². The molecule has 0 aliphatic carbocycles. The highest BCUT2D eigenvalue weighted by Crippen LogP contribution is 2.23. The SMILES string of the molecule is COc1ccc(S(=O)(=O)N2CCC(NC(=O)c3n[nH]c4ccccc34)CC2)cc1. The summed E-state index contributed by atoms with van der Waals surface area (Å²) in [5, 5.41) is 10.7. The van der Waals surface area contributed by atoms with Gasteiger partial charge in [-0.05, 0) is 43.2 Å². The number of sulfonamides is 1. The van der Waals surface area contributed by atoms with Gasteiger partial charge in [0.15, 0.2) is 5.69 Å². The highest BCUT2D eigenvalue weighted by Gasteiger charge is 2.30. The lowest BCUT2D eigenvalue weighted by atomic mass is 10.1. The van der Waals surface area contributed by atoms with Crippen LogP contribution < -0.4 is 10.1 Å². The molecule has 1 saturated heterocycles. The van der Waals surface area contributed by atoms with Crippen molar-refractivity contribution in [2.75, 3.05) is 20.2 Å². The van der Waals surface area contributed by atoms with Gasteiger partial charge in [0.2, 0.25) is 10.0 Å². The van der Waals surface area contributed by atoms with Crippen molar-refractivity contribution in [3.05, 3.63) is 54.2 Å². The Morgan fingerprint density at radius 3 is 2.52 bits per heavy atom. The van der Waals surface area contributed by atoms with Crippen LogP contribution in [0.3, 0.4) is 0 Å². The highest BCUT2D eigenvalue weighted by atomic mass is 32.2. The van der Waals surface area contributed by atoms with E-state index in [-0.39, 0.29) is 16.8 Å². The van der Waals surface area contributed by atoms with Crippen molar-refractivity contribution < 1.29 is 17.9 Å². The Morgan fingerprint density at radius 2 is 1.83 bits per heavy atom. The van der Waals surface area contributed by atoms with Crippen LogP contribution in [0.2, 0.25) is 0 Å². The van der Waals surface area contributed by atoms with Gasteiger partial charge in [0.05, 0.1) is 17.5 Å². The van der Waals surface area contributed by atoms with Crippen LogP contribution in [0.5, 0.6) is 5.75 Å². The Bertz CT molecular complexity index is 1120. The molecule has 152 valence electrons. The molecule has 4 rings (SSSR count). The zero-order chi connectivity index (χ0) is 20.4. The topological polar surface area (TPSA) is 104 Å². The van der Waals surface area contributed by atoms with Crippen molar-refractivity contribution in [2.45, 2.75) is 23.8 Å². The summed E-state index contributed by atoms with van der Waals surface area (Å²) in [6, 6.07) is 13.7. The van der Waals surface area contributed by atoms with E-state index in [1.165, 1.54) is 11.4 Å². The molecular weight excluding hydrogens is 392 g/mol. The number of carbonyl (C=O) groups excluding carboxylic acids is 1. The Morgan fingerprint density at radius 1 is 1.14 bits per heavy atom. The maximum Gasteiger partial charge on any atom is 0.272 e. The lowest BCUT2D eigenvalue weighted by Crippen LogP contribution is -2.46. The monoisotopic (exact) mass is 414 g/mol.